The van der Waals surface area contributed by atoms with Gasteiger partial charge in [-0.25, -0.2) is 0 Å². The first-order valence-corrected chi connectivity index (χ1v) is 12.9. The molecule has 2 heterocycles. The molecule has 4 aromatic rings. The highest BCUT2D eigenvalue weighted by Crippen LogP contribution is 2.42. The molecular formula is C29H27N5O4S. The Morgan fingerprint density at radius 3 is 2.08 bits per heavy atom. The van der Waals surface area contributed by atoms with E-state index in [0.29, 0.717) is 12.0 Å². The van der Waals surface area contributed by atoms with Gasteiger partial charge in [-0.05, 0) is 41.4 Å². The second-order valence-corrected chi connectivity index (χ2v) is 9.64. The van der Waals surface area contributed by atoms with Crippen molar-refractivity contribution in [3.05, 3.63) is 145 Å². The van der Waals surface area contributed by atoms with Crippen molar-refractivity contribution in [1.82, 2.24) is 9.55 Å². The first-order chi connectivity index (χ1) is 19.0. The van der Waals surface area contributed by atoms with Gasteiger partial charge in [-0.1, -0.05) is 91.0 Å². The molecule has 0 saturated carbocycles. The summed E-state index contributed by atoms with van der Waals surface area (Å²) in [6.07, 6.45) is 0.217. The average molecular weight is 542 g/mol. The van der Waals surface area contributed by atoms with Crippen LogP contribution in [0.5, 0.6) is 0 Å². The van der Waals surface area contributed by atoms with Gasteiger partial charge >= 0.3 is 0 Å². The van der Waals surface area contributed by atoms with Crippen molar-refractivity contribution in [3.63, 3.8) is 0 Å². The fourth-order valence-electron chi connectivity index (χ4n) is 4.99. The maximum absolute atomic E-state index is 12.0. The second kappa shape index (κ2) is 11.7. The summed E-state index contributed by atoms with van der Waals surface area (Å²) >= 11 is 5.39. The maximum Gasteiger partial charge on any atom is 0.254 e. The van der Waals surface area contributed by atoms with Crippen molar-refractivity contribution in [3.8, 4) is 0 Å². The average Bonchev–Trinajstić information content (AvgIpc) is 3.38. The number of nitrogens with one attached hydrogen (secondary N) is 1. The van der Waals surface area contributed by atoms with Gasteiger partial charge in [-0.15, -0.1) is 0 Å². The Balaban J connectivity index is 1.54. The minimum Gasteiger partial charge on any atom is -0.427 e. The Morgan fingerprint density at radius 1 is 1.03 bits per heavy atom. The molecule has 1 unspecified atom stereocenters. The van der Waals surface area contributed by atoms with Crippen LogP contribution in [0.2, 0.25) is 0 Å². The highest BCUT2D eigenvalue weighted by atomic mass is 32.1. The van der Waals surface area contributed by atoms with E-state index in [2.05, 4.69) is 15.2 Å². The fourth-order valence-corrected chi connectivity index (χ4v) is 5.25. The summed E-state index contributed by atoms with van der Waals surface area (Å²) < 4.78 is 15.2. The first kappa shape index (κ1) is 26.4. The van der Waals surface area contributed by atoms with Gasteiger partial charge in [0.25, 0.3) is 5.56 Å². The fraction of sp³-hybridized carbons (Fsp3) is 0.241. The van der Waals surface area contributed by atoms with E-state index in [0.717, 1.165) is 16.7 Å². The Morgan fingerprint density at radius 2 is 1.56 bits per heavy atom. The summed E-state index contributed by atoms with van der Waals surface area (Å²) in [4.78, 5) is 22.9. The van der Waals surface area contributed by atoms with Gasteiger partial charge in [0.05, 0.1) is 6.61 Å². The van der Waals surface area contributed by atoms with Gasteiger partial charge < -0.3 is 14.3 Å². The molecule has 3 atom stereocenters. The van der Waals surface area contributed by atoms with E-state index in [4.69, 9.17) is 32.1 Å². The molecular weight excluding hydrogens is 514 g/mol. The molecule has 1 aliphatic rings. The molecule has 0 spiro atoms. The van der Waals surface area contributed by atoms with Crippen LogP contribution in [0.1, 0.15) is 34.9 Å². The first-order valence-electron chi connectivity index (χ1n) is 12.5. The van der Waals surface area contributed by atoms with Gasteiger partial charge in [-0.3, -0.25) is 14.3 Å². The number of aromatic nitrogens is 2. The molecule has 1 fully saturated rings. The lowest BCUT2D eigenvalue weighted by Crippen LogP contribution is -2.38. The molecule has 0 amide bonds. The number of hydrogen-bond acceptors (Lipinski definition) is 6. The van der Waals surface area contributed by atoms with Crippen LogP contribution in [0.3, 0.4) is 0 Å². The summed E-state index contributed by atoms with van der Waals surface area (Å²) in [6.45, 7) is 1.80. The summed E-state index contributed by atoms with van der Waals surface area (Å²) in [5, 5.41) is 3.36. The number of azide groups is 1. The predicted octanol–water partition coefficient (Wildman–Crippen LogP) is 6.12. The zero-order valence-corrected chi connectivity index (χ0v) is 22.0. The van der Waals surface area contributed by atoms with Crippen molar-refractivity contribution in [1.29, 1.82) is 0 Å². The van der Waals surface area contributed by atoms with Crippen LogP contribution < -0.4 is 5.56 Å². The van der Waals surface area contributed by atoms with Gasteiger partial charge in [-0.2, -0.15) is 0 Å². The van der Waals surface area contributed by atoms with Gasteiger partial charge in [0.2, 0.25) is 0 Å². The topological polar surface area (TPSA) is 114 Å². The molecule has 3 aromatic carbocycles. The van der Waals surface area contributed by atoms with Crippen LogP contribution in [-0.4, -0.2) is 28.4 Å². The minimum absolute atomic E-state index is 0.108. The third-order valence-electron chi connectivity index (χ3n) is 6.86. The Labute approximate surface area is 230 Å². The molecule has 39 heavy (non-hydrogen) atoms. The third-order valence-corrected chi connectivity index (χ3v) is 7.17. The molecule has 198 valence electrons. The quantitative estimate of drug-likeness (QED) is 0.0685. The molecule has 1 aliphatic heterocycles. The van der Waals surface area contributed by atoms with Crippen LogP contribution >= 0.6 is 12.2 Å². The zero-order chi connectivity index (χ0) is 27.2. The van der Waals surface area contributed by atoms with Gasteiger partial charge in [0, 0.05) is 23.1 Å². The third kappa shape index (κ3) is 5.36. The normalized spacial score (nSPS) is 18.8. The monoisotopic (exact) mass is 541 g/mol. The van der Waals surface area contributed by atoms with Crippen LogP contribution in [0, 0.1) is 11.7 Å². The van der Waals surface area contributed by atoms with Gasteiger partial charge in [0.1, 0.15) is 29.3 Å². The summed E-state index contributed by atoms with van der Waals surface area (Å²) in [5.74, 6) is 0. The largest absolute Gasteiger partial charge is 0.427 e. The Hall–Kier alpha value is -4.21. The van der Waals surface area contributed by atoms with E-state index in [1.807, 2.05) is 91.0 Å². The van der Waals surface area contributed by atoms with Crippen LogP contribution in [0.25, 0.3) is 10.4 Å². The molecule has 9 nitrogen and oxygen atoms in total. The Kier molecular flexibility index (Phi) is 7.90. The number of benzene rings is 3. The second-order valence-electron chi connectivity index (χ2n) is 9.25. The van der Waals surface area contributed by atoms with Crippen molar-refractivity contribution in [2.24, 2.45) is 5.28 Å². The van der Waals surface area contributed by atoms with E-state index in [9.17, 15) is 4.79 Å². The van der Waals surface area contributed by atoms with Crippen LogP contribution in [-0.2, 0) is 19.9 Å². The lowest BCUT2D eigenvalue weighted by molar-refractivity contribution is -0.104. The standard InChI is InChI=1S/C29H27N5O4S/c1-20-18-34(28(39)31-27(20)35)26-17-24(38-33-32-30)25(37-26)19-36-29(21-11-5-2-6-12-21,22-13-7-3-8-14-22)23-15-9-4-10-16-23/h2-16,18,24-26H,17,19H2,1H3,(H,31,35,39)/t24?,25-,26-/m1/s1. The number of ether oxygens (including phenoxy) is 2. The number of aromatic amines is 1. The number of aryl methyl sites for hydroxylation is 1. The molecule has 0 aliphatic carbocycles. The van der Waals surface area contributed by atoms with Gasteiger partial charge in [0.15, 0.2) is 4.77 Å². The maximum atomic E-state index is 12.0. The SMILES string of the molecule is Cc1cn([C@H]2CC(ON=[N+]=[N-])[C@@H](COC(c3ccccc3)(c3ccccc3)c3ccccc3)O2)c(=S)[nH]c1=O. The lowest BCUT2D eigenvalue weighted by Gasteiger charge is -2.37. The van der Waals surface area contributed by atoms with Crippen LogP contribution in [0.15, 0.2) is 107 Å². The predicted molar refractivity (Wildman–Crippen MR) is 148 cm³/mol. The smallest absolute Gasteiger partial charge is 0.254 e. The summed E-state index contributed by atoms with van der Waals surface area (Å²) in [6, 6.07) is 30.0. The van der Waals surface area contributed by atoms with E-state index < -0.39 is 24.0 Å². The highest BCUT2D eigenvalue weighted by molar-refractivity contribution is 7.71. The summed E-state index contributed by atoms with van der Waals surface area (Å²) in [7, 11) is 0. The van der Waals surface area contributed by atoms with E-state index >= 15 is 0 Å². The zero-order valence-electron chi connectivity index (χ0n) is 21.2. The highest BCUT2D eigenvalue weighted by Gasteiger charge is 2.43. The van der Waals surface area contributed by atoms with Crippen LogP contribution in [0.4, 0.5) is 0 Å². The van der Waals surface area contributed by atoms with Crippen molar-refractivity contribution in [2.45, 2.75) is 37.4 Å². The van der Waals surface area contributed by atoms with Crippen molar-refractivity contribution in [2.75, 3.05) is 6.61 Å². The minimum atomic E-state index is -0.959. The molecule has 5 rings (SSSR count). The number of rotatable bonds is 9. The number of hydrogen-bond donors (Lipinski definition) is 1. The molecule has 0 bridgehead atoms. The summed E-state index contributed by atoms with van der Waals surface area (Å²) in [5.41, 5.74) is 11.0. The molecule has 10 heteroatoms. The molecule has 1 N–H and O–H groups in total. The number of nitrogens with zero attached hydrogens (tertiary/aromatic N) is 4. The Bertz CT molecular complexity index is 1470. The van der Waals surface area contributed by atoms with Crippen molar-refractivity contribution >= 4 is 12.2 Å². The molecule has 1 saturated heterocycles. The lowest BCUT2D eigenvalue weighted by atomic mass is 9.80. The number of H-pyrrole nitrogens is 1. The van der Waals surface area contributed by atoms with E-state index in [-0.39, 0.29) is 16.9 Å². The molecule has 1 aromatic heterocycles. The van der Waals surface area contributed by atoms with E-state index in [1.54, 1.807) is 17.7 Å². The van der Waals surface area contributed by atoms with Crippen molar-refractivity contribution < 1.29 is 14.3 Å². The van der Waals surface area contributed by atoms with E-state index in [1.165, 1.54) is 0 Å². The molecule has 0 radical (unpaired) electrons.